The van der Waals surface area contributed by atoms with Crippen molar-refractivity contribution in [2.24, 2.45) is 0 Å². The summed E-state index contributed by atoms with van der Waals surface area (Å²) in [6.07, 6.45) is 5.19. The first-order chi connectivity index (χ1) is 9.29. The van der Waals surface area contributed by atoms with Crippen LogP contribution in [-0.4, -0.2) is 11.0 Å². The van der Waals surface area contributed by atoms with Crippen LogP contribution in [0.15, 0.2) is 36.4 Å². The van der Waals surface area contributed by atoms with E-state index in [9.17, 15) is 0 Å². The van der Waals surface area contributed by atoms with Crippen LogP contribution in [0.1, 0.15) is 45.2 Å². The van der Waals surface area contributed by atoms with Gasteiger partial charge in [-0.15, -0.1) is 0 Å². The molecule has 1 atom stereocenters. The minimum atomic E-state index is 0.569. The first-order valence-corrected chi connectivity index (χ1v) is 7.37. The van der Waals surface area contributed by atoms with E-state index in [1.807, 2.05) is 6.07 Å². The Bertz CT molecular complexity index is 507. The Balaban J connectivity index is 1.87. The highest BCUT2D eigenvalue weighted by molar-refractivity contribution is 5.78. The monoisotopic (exact) mass is 256 g/mol. The maximum Gasteiger partial charge on any atom is 0.0705 e. The van der Waals surface area contributed by atoms with Crippen LogP contribution in [0.3, 0.4) is 0 Å². The number of hydrogen-bond acceptors (Lipinski definition) is 2. The number of hydrogen-bond donors (Lipinski definition) is 1. The molecule has 2 nitrogen and oxygen atoms in total. The van der Waals surface area contributed by atoms with Crippen molar-refractivity contribution in [2.75, 3.05) is 0 Å². The molecule has 0 saturated heterocycles. The van der Waals surface area contributed by atoms with Crippen LogP contribution in [0.2, 0.25) is 0 Å². The molecule has 0 radical (unpaired) electrons. The summed E-state index contributed by atoms with van der Waals surface area (Å²) in [6.45, 7) is 5.37. The molecular formula is C17H24N2. The maximum absolute atomic E-state index is 4.68. The zero-order valence-corrected chi connectivity index (χ0v) is 12.0. The molecule has 0 aliphatic heterocycles. The number of aromatic nitrogens is 1. The molecule has 0 amide bonds. The summed E-state index contributed by atoms with van der Waals surface area (Å²) in [6, 6.07) is 13.1. The Morgan fingerprint density at radius 1 is 1.11 bits per heavy atom. The van der Waals surface area contributed by atoms with E-state index in [2.05, 4.69) is 54.5 Å². The topological polar surface area (TPSA) is 24.9 Å². The molecule has 1 aromatic carbocycles. The van der Waals surface area contributed by atoms with Gasteiger partial charge in [0, 0.05) is 18.0 Å². The summed E-state index contributed by atoms with van der Waals surface area (Å²) in [5.41, 5.74) is 2.21. The second-order valence-corrected chi connectivity index (χ2v) is 5.27. The SMILES string of the molecule is CCCCCC(C)NCc1ccc2ccccc2n1. The van der Waals surface area contributed by atoms with Crippen molar-refractivity contribution < 1.29 is 0 Å². The van der Waals surface area contributed by atoms with E-state index < -0.39 is 0 Å². The molecule has 0 spiro atoms. The average Bonchev–Trinajstić information content (AvgIpc) is 2.45. The van der Waals surface area contributed by atoms with Gasteiger partial charge in [0.15, 0.2) is 0 Å². The molecular weight excluding hydrogens is 232 g/mol. The lowest BCUT2D eigenvalue weighted by Gasteiger charge is -2.13. The number of para-hydroxylation sites is 1. The van der Waals surface area contributed by atoms with E-state index in [1.54, 1.807) is 0 Å². The van der Waals surface area contributed by atoms with E-state index >= 15 is 0 Å². The number of nitrogens with one attached hydrogen (secondary N) is 1. The highest BCUT2D eigenvalue weighted by atomic mass is 14.9. The molecule has 1 unspecified atom stereocenters. The quantitative estimate of drug-likeness (QED) is 0.747. The number of pyridine rings is 1. The maximum atomic E-state index is 4.68. The third kappa shape index (κ3) is 4.32. The molecule has 0 bridgehead atoms. The van der Waals surface area contributed by atoms with Crippen molar-refractivity contribution in [3.05, 3.63) is 42.1 Å². The van der Waals surface area contributed by atoms with Gasteiger partial charge in [-0.1, -0.05) is 50.5 Å². The number of rotatable bonds is 7. The molecule has 2 aromatic rings. The fraction of sp³-hybridized carbons (Fsp3) is 0.471. The molecule has 1 N–H and O–H groups in total. The van der Waals surface area contributed by atoms with Gasteiger partial charge in [-0.3, -0.25) is 4.98 Å². The van der Waals surface area contributed by atoms with Crippen LogP contribution in [0.5, 0.6) is 0 Å². The molecule has 0 fully saturated rings. The van der Waals surface area contributed by atoms with Crippen molar-refractivity contribution in [3.63, 3.8) is 0 Å². The summed E-state index contributed by atoms with van der Waals surface area (Å²) in [7, 11) is 0. The Morgan fingerprint density at radius 2 is 1.95 bits per heavy atom. The number of nitrogens with zero attached hydrogens (tertiary/aromatic N) is 1. The van der Waals surface area contributed by atoms with Crippen LogP contribution in [-0.2, 0) is 6.54 Å². The number of benzene rings is 1. The van der Waals surface area contributed by atoms with Gasteiger partial charge in [0.05, 0.1) is 11.2 Å². The van der Waals surface area contributed by atoms with Gasteiger partial charge in [-0.2, -0.15) is 0 Å². The normalized spacial score (nSPS) is 12.7. The molecule has 19 heavy (non-hydrogen) atoms. The minimum absolute atomic E-state index is 0.569. The molecule has 0 aliphatic rings. The van der Waals surface area contributed by atoms with Crippen molar-refractivity contribution in [1.29, 1.82) is 0 Å². The van der Waals surface area contributed by atoms with Crippen LogP contribution < -0.4 is 5.32 Å². The lowest BCUT2D eigenvalue weighted by molar-refractivity contribution is 0.484. The fourth-order valence-corrected chi connectivity index (χ4v) is 2.29. The molecule has 0 saturated carbocycles. The van der Waals surface area contributed by atoms with Crippen molar-refractivity contribution in [2.45, 2.75) is 52.1 Å². The van der Waals surface area contributed by atoms with E-state index in [-0.39, 0.29) is 0 Å². The molecule has 1 heterocycles. The zero-order chi connectivity index (χ0) is 13.5. The Morgan fingerprint density at radius 3 is 2.79 bits per heavy atom. The van der Waals surface area contributed by atoms with Gasteiger partial charge in [0.1, 0.15) is 0 Å². The largest absolute Gasteiger partial charge is 0.309 e. The summed E-state index contributed by atoms with van der Waals surface area (Å²) >= 11 is 0. The fourth-order valence-electron chi connectivity index (χ4n) is 2.29. The predicted molar refractivity (Wildman–Crippen MR) is 82.2 cm³/mol. The minimum Gasteiger partial charge on any atom is -0.309 e. The Labute approximate surface area is 116 Å². The third-order valence-corrected chi connectivity index (χ3v) is 3.53. The van der Waals surface area contributed by atoms with Gasteiger partial charge in [0.2, 0.25) is 0 Å². The van der Waals surface area contributed by atoms with Gasteiger partial charge in [0.25, 0.3) is 0 Å². The standard InChI is InChI=1S/C17H24N2/c1-3-4-5-8-14(2)18-13-16-12-11-15-9-6-7-10-17(15)19-16/h6-7,9-12,14,18H,3-5,8,13H2,1-2H3. The van der Waals surface area contributed by atoms with E-state index in [0.717, 1.165) is 17.8 Å². The van der Waals surface area contributed by atoms with Crippen molar-refractivity contribution in [3.8, 4) is 0 Å². The molecule has 2 rings (SSSR count). The summed E-state index contributed by atoms with van der Waals surface area (Å²) in [5.74, 6) is 0. The Hall–Kier alpha value is -1.41. The van der Waals surface area contributed by atoms with Crippen LogP contribution in [0.25, 0.3) is 10.9 Å². The first kappa shape index (κ1) is 14.0. The third-order valence-electron chi connectivity index (χ3n) is 3.53. The molecule has 0 aliphatic carbocycles. The lowest BCUT2D eigenvalue weighted by Crippen LogP contribution is -2.25. The zero-order valence-electron chi connectivity index (χ0n) is 12.0. The van der Waals surface area contributed by atoms with E-state index in [0.29, 0.717) is 6.04 Å². The van der Waals surface area contributed by atoms with E-state index in [4.69, 9.17) is 0 Å². The van der Waals surface area contributed by atoms with Gasteiger partial charge in [-0.05, 0) is 25.5 Å². The smallest absolute Gasteiger partial charge is 0.0705 e. The van der Waals surface area contributed by atoms with Crippen molar-refractivity contribution in [1.82, 2.24) is 10.3 Å². The average molecular weight is 256 g/mol. The van der Waals surface area contributed by atoms with Crippen LogP contribution in [0, 0.1) is 0 Å². The van der Waals surface area contributed by atoms with Gasteiger partial charge < -0.3 is 5.32 Å². The van der Waals surface area contributed by atoms with Crippen LogP contribution >= 0.6 is 0 Å². The summed E-state index contributed by atoms with van der Waals surface area (Å²) < 4.78 is 0. The second kappa shape index (κ2) is 7.25. The highest BCUT2D eigenvalue weighted by Gasteiger charge is 2.02. The number of unbranched alkanes of at least 4 members (excludes halogenated alkanes) is 2. The molecule has 2 heteroatoms. The highest BCUT2D eigenvalue weighted by Crippen LogP contribution is 2.12. The summed E-state index contributed by atoms with van der Waals surface area (Å²) in [4.78, 5) is 4.68. The Kier molecular flexibility index (Phi) is 5.34. The van der Waals surface area contributed by atoms with Crippen molar-refractivity contribution >= 4 is 10.9 Å². The van der Waals surface area contributed by atoms with Gasteiger partial charge in [-0.25, -0.2) is 0 Å². The lowest BCUT2D eigenvalue weighted by atomic mass is 10.1. The molecule has 1 aromatic heterocycles. The van der Waals surface area contributed by atoms with E-state index in [1.165, 1.54) is 31.1 Å². The second-order valence-electron chi connectivity index (χ2n) is 5.27. The first-order valence-electron chi connectivity index (χ1n) is 7.37. The summed E-state index contributed by atoms with van der Waals surface area (Å²) in [5, 5.41) is 4.77. The molecule has 102 valence electrons. The van der Waals surface area contributed by atoms with Crippen LogP contribution in [0.4, 0.5) is 0 Å². The predicted octanol–water partition coefficient (Wildman–Crippen LogP) is 4.29. The van der Waals surface area contributed by atoms with Gasteiger partial charge >= 0.3 is 0 Å². The number of fused-ring (bicyclic) bond motifs is 1.